The molecule has 1 amide bonds. The molecule has 0 unspecified atom stereocenters. The lowest BCUT2D eigenvalue weighted by Crippen LogP contribution is -2.46. The standard InChI is InChI=1S/C28H31FN6O/c1-21(36)31-23-6-4-7-25(20-23)34-18-16-33(17-19-34)15-5-14-30-28-32-26-8-2-3-9-27(26)35(28)24-12-10-22(29)11-13-24/h2-4,6-13,20H,5,14-19H2,1H3,(H,30,32)(H,31,36). The molecule has 1 fully saturated rings. The van der Waals surface area contributed by atoms with Crippen molar-refractivity contribution in [3.8, 4) is 5.69 Å². The number of fused-ring (bicyclic) bond motifs is 1. The van der Waals surface area contributed by atoms with E-state index in [0.717, 1.165) is 79.7 Å². The first kappa shape index (κ1) is 23.8. The summed E-state index contributed by atoms with van der Waals surface area (Å²) < 4.78 is 15.5. The van der Waals surface area contributed by atoms with Gasteiger partial charge in [-0.25, -0.2) is 9.37 Å². The van der Waals surface area contributed by atoms with E-state index in [1.165, 1.54) is 19.1 Å². The second-order valence-corrected chi connectivity index (χ2v) is 9.08. The van der Waals surface area contributed by atoms with Gasteiger partial charge in [-0.3, -0.25) is 14.3 Å². The summed E-state index contributed by atoms with van der Waals surface area (Å²) in [6, 6.07) is 22.5. The molecule has 2 heterocycles. The number of benzene rings is 3. The van der Waals surface area contributed by atoms with E-state index in [9.17, 15) is 9.18 Å². The first-order chi connectivity index (χ1) is 17.6. The van der Waals surface area contributed by atoms with E-state index in [4.69, 9.17) is 4.98 Å². The van der Waals surface area contributed by atoms with Gasteiger partial charge in [-0.2, -0.15) is 0 Å². The van der Waals surface area contributed by atoms with Crippen LogP contribution in [0.4, 0.5) is 21.7 Å². The minimum atomic E-state index is -0.252. The summed E-state index contributed by atoms with van der Waals surface area (Å²) in [7, 11) is 0. The Balaban J connectivity index is 1.15. The number of nitrogens with one attached hydrogen (secondary N) is 2. The number of para-hydroxylation sites is 2. The highest BCUT2D eigenvalue weighted by atomic mass is 19.1. The molecular formula is C28H31FN6O. The zero-order chi connectivity index (χ0) is 24.9. The van der Waals surface area contributed by atoms with Crippen molar-refractivity contribution < 1.29 is 9.18 Å². The fourth-order valence-corrected chi connectivity index (χ4v) is 4.71. The van der Waals surface area contributed by atoms with Gasteiger partial charge in [0.2, 0.25) is 11.9 Å². The summed E-state index contributed by atoms with van der Waals surface area (Å²) in [6.07, 6.45) is 0.991. The van der Waals surface area contributed by atoms with Crippen molar-refractivity contribution in [3.05, 3.63) is 78.6 Å². The molecule has 1 saturated heterocycles. The molecule has 0 bridgehead atoms. The monoisotopic (exact) mass is 486 g/mol. The quantitative estimate of drug-likeness (QED) is 0.352. The van der Waals surface area contributed by atoms with Crippen LogP contribution in [0.5, 0.6) is 0 Å². The van der Waals surface area contributed by atoms with Crippen LogP contribution in [0, 0.1) is 5.82 Å². The lowest BCUT2D eigenvalue weighted by Gasteiger charge is -2.36. The van der Waals surface area contributed by atoms with Crippen molar-refractivity contribution in [2.45, 2.75) is 13.3 Å². The molecule has 1 aliphatic rings. The second-order valence-electron chi connectivity index (χ2n) is 9.08. The molecule has 36 heavy (non-hydrogen) atoms. The third-order valence-electron chi connectivity index (χ3n) is 6.48. The highest BCUT2D eigenvalue weighted by Gasteiger charge is 2.18. The molecule has 186 valence electrons. The Kier molecular flexibility index (Phi) is 7.13. The highest BCUT2D eigenvalue weighted by Crippen LogP contribution is 2.25. The summed E-state index contributed by atoms with van der Waals surface area (Å²) in [5.41, 5.74) is 4.75. The number of carbonyl (C=O) groups is 1. The van der Waals surface area contributed by atoms with Gasteiger partial charge in [0.15, 0.2) is 0 Å². The Morgan fingerprint density at radius 1 is 0.944 bits per heavy atom. The number of imidazole rings is 1. The molecule has 0 atom stereocenters. The van der Waals surface area contributed by atoms with Gasteiger partial charge in [-0.1, -0.05) is 18.2 Å². The molecule has 8 heteroatoms. The first-order valence-electron chi connectivity index (χ1n) is 12.4. The fourth-order valence-electron chi connectivity index (χ4n) is 4.71. The predicted octanol–water partition coefficient (Wildman–Crippen LogP) is 4.75. The molecule has 1 aliphatic heterocycles. The van der Waals surface area contributed by atoms with Crippen molar-refractivity contribution in [1.29, 1.82) is 0 Å². The van der Waals surface area contributed by atoms with Crippen LogP contribution < -0.4 is 15.5 Å². The van der Waals surface area contributed by atoms with E-state index < -0.39 is 0 Å². The Hall–Kier alpha value is -3.91. The summed E-state index contributed by atoms with van der Waals surface area (Å²) in [6.45, 7) is 7.23. The number of hydrogen-bond donors (Lipinski definition) is 2. The molecule has 1 aromatic heterocycles. The van der Waals surface area contributed by atoms with Crippen LogP contribution >= 0.6 is 0 Å². The van der Waals surface area contributed by atoms with E-state index in [1.54, 1.807) is 12.1 Å². The first-order valence-corrected chi connectivity index (χ1v) is 12.4. The highest BCUT2D eigenvalue weighted by molar-refractivity contribution is 5.89. The van der Waals surface area contributed by atoms with Crippen molar-refractivity contribution in [3.63, 3.8) is 0 Å². The van der Waals surface area contributed by atoms with Gasteiger partial charge < -0.3 is 15.5 Å². The summed E-state index contributed by atoms with van der Waals surface area (Å²) >= 11 is 0. The summed E-state index contributed by atoms with van der Waals surface area (Å²) in [4.78, 5) is 21.0. The molecular weight excluding hydrogens is 455 g/mol. The average molecular weight is 487 g/mol. The molecule has 3 aromatic carbocycles. The number of hydrogen-bond acceptors (Lipinski definition) is 5. The average Bonchev–Trinajstić information content (AvgIpc) is 3.25. The van der Waals surface area contributed by atoms with Gasteiger partial charge in [0.25, 0.3) is 0 Å². The van der Waals surface area contributed by atoms with Crippen LogP contribution in [-0.4, -0.2) is 59.6 Å². The molecule has 0 spiro atoms. The number of aromatic nitrogens is 2. The van der Waals surface area contributed by atoms with E-state index in [-0.39, 0.29) is 11.7 Å². The van der Waals surface area contributed by atoms with Gasteiger partial charge in [-0.05, 0) is 67.6 Å². The number of piperazine rings is 1. The minimum Gasteiger partial charge on any atom is -0.369 e. The normalized spacial score (nSPS) is 14.2. The second kappa shape index (κ2) is 10.8. The largest absolute Gasteiger partial charge is 0.369 e. The van der Waals surface area contributed by atoms with E-state index in [1.807, 2.05) is 47.0 Å². The van der Waals surface area contributed by atoms with Crippen LogP contribution in [0.1, 0.15) is 13.3 Å². The Morgan fingerprint density at radius 2 is 1.72 bits per heavy atom. The third kappa shape index (κ3) is 5.49. The zero-order valence-corrected chi connectivity index (χ0v) is 20.5. The molecule has 2 N–H and O–H groups in total. The van der Waals surface area contributed by atoms with E-state index in [2.05, 4.69) is 26.5 Å². The van der Waals surface area contributed by atoms with E-state index >= 15 is 0 Å². The number of halogens is 1. The van der Waals surface area contributed by atoms with Crippen LogP contribution in [0.3, 0.4) is 0 Å². The molecule has 0 radical (unpaired) electrons. The summed E-state index contributed by atoms with van der Waals surface area (Å²) in [5.74, 6) is 0.462. The number of amides is 1. The third-order valence-corrected chi connectivity index (χ3v) is 6.48. The minimum absolute atomic E-state index is 0.0567. The number of rotatable bonds is 8. The van der Waals surface area contributed by atoms with Crippen LogP contribution in [-0.2, 0) is 4.79 Å². The maximum atomic E-state index is 13.5. The van der Waals surface area contributed by atoms with Crippen molar-refractivity contribution in [2.24, 2.45) is 0 Å². The molecule has 0 saturated carbocycles. The van der Waals surface area contributed by atoms with Gasteiger partial charge in [0.1, 0.15) is 5.82 Å². The van der Waals surface area contributed by atoms with Gasteiger partial charge in [-0.15, -0.1) is 0 Å². The van der Waals surface area contributed by atoms with E-state index in [0.29, 0.717) is 0 Å². The lowest BCUT2D eigenvalue weighted by molar-refractivity contribution is -0.114. The summed E-state index contributed by atoms with van der Waals surface area (Å²) in [5, 5.41) is 6.36. The Morgan fingerprint density at radius 3 is 2.50 bits per heavy atom. The van der Waals surface area contributed by atoms with Gasteiger partial charge in [0.05, 0.1) is 11.0 Å². The fraction of sp³-hybridized carbons (Fsp3) is 0.286. The molecule has 0 aliphatic carbocycles. The smallest absolute Gasteiger partial charge is 0.221 e. The Bertz CT molecular complexity index is 1330. The van der Waals surface area contributed by atoms with Gasteiger partial charge >= 0.3 is 0 Å². The topological polar surface area (TPSA) is 65.4 Å². The molecule has 5 rings (SSSR count). The lowest BCUT2D eigenvalue weighted by atomic mass is 10.2. The van der Waals surface area contributed by atoms with Crippen LogP contribution in [0.2, 0.25) is 0 Å². The van der Waals surface area contributed by atoms with Crippen LogP contribution in [0.15, 0.2) is 72.8 Å². The molecule has 7 nitrogen and oxygen atoms in total. The Labute approximate surface area is 210 Å². The number of anilines is 3. The predicted molar refractivity (Wildman–Crippen MR) is 144 cm³/mol. The maximum Gasteiger partial charge on any atom is 0.221 e. The van der Waals surface area contributed by atoms with Crippen LogP contribution in [0.25, 0.3) is 16.7 Å². The number of nitrogens with zero attached hydrogens (tertiary/aromatic N) is 4. The number of carbonyl (C=O) groups excluding carboxylic acids is 1. The van der Waals surface area contributed by atoms with Gasteiger partial charge in [0, 0.05) is 56.7 Å². The van der Waals surface area contributed by atoms with Crippen molar-refractivity contribution >= 4 is 34.3 Å². The zero-order valence-electron chi connectivity index (χ0n) is 20.5. The SMILES string of the molecule is CC(=O)Nc1cccc(N2CCN(CCCNc3nc4ccccc4n3-c3ccc(F)cc3)CC2)c1. The molecule has 4 aromatic rings. The maximum absolute atomic E-state index is 13.5. The van der Waals surface area contributed by atoms with Crippen molar-refractivity contribution in [1.82, 2.24) is 14.5 Å². The van der Waals surface area contributed by atoms with Crippen molar-refractivity contribution in [2.75, 3.05) is 54.8 Å².